The van der Waals surface area contributed by atoms with Crippen molar-refractivity contribution in [3.63, 3.8) is 0 Å². The van der Waals surface area contributed by atoms with Crippen molar-refractivity contribution < 1.29 is 88.1 Å². The second-order valence-corrected chi connectivity index (χ2v) is 10.7. The van der Waals surface area contributed by atoms with Crippen molar-refractivity contribution in [1.29, 1.82) is 0 Å². The number of fused-ring (bicyclic) bond motifs is 4. The fraction of sp³-hybridized carbons (Fsp3) is 0.240. The molecule has 0 aromatic heterocycles. The summed E-state index contributed by atoms with van der Waals surface area (Å²) in [5.41, 5.74) is -13.8. The number of alkyl halides is 12. The summed E-state index contributed by atoms with van der Waals surface area (Å²) in [5.74, 6) is 0. The van der Waals surface area contributed by atoms with Gasteiger partial charge in [-0.15, -0.1) is 0 Å². The van der Waals surface area contributed by atoms with E-state index in [-0.39, 0.29) is 17.1 Å². The third-order valence-corrected chi connectivity index (χ3v) is 9.34. The zero-order chi connectivity index (χ0) is 32.4. The molecule has 0 radical (unpaired) electrons. The second-order valence-electron chi connectivity index (χ2n) is 7.95. The average Bonchev–Trinajstić information content (AvgIpc) is 3.64. The zero-order valence-corrected chi connectivity index (χ0v) is 22.3. The molecule has 3 aromatic rings. The van der Waals surface area contributed by atoms with Gasteiger partial charge in [-0.1, -0.05) is 0 Å². The number of rotatable bonds is 0. The number of halogens is 12. The molecule has 0 amide bonds. The monoisotopic (exact) mass is 689 g/mol. The van der Waals surface area contributed by atoms with E-state index in [1.807, 2.05) is 0 Å². The van der Waals surface area contributed by atoms with Gasteiger partial charge < -0.3 is 30.3 Å². The van der Waals surface area contributed by atoms with E-state index in [4.69, 9.17) is 9.30 Å². The van der Waals surface area contributed by atoms with Crippen LogP contribution in [0.1, 0.15) is 11.1 Å². The molecule has 0 unspecified atom stereocenters. The van der Waals surface area contributed by atoms with Crippen LogP contribution in [0.4, 0.5) is 52.7 Å². The van der Waals surface area contributed by atoms with Gasteiger partial charge in [-0.25, -0.2) is 0 Å². The average molecular weight is 689 g/mol. The molecule has 0 aliphatic carbocycles. The first-order chi connectivity index (χ1) is 19.4. The smallest absolute Gasteiger partial charge is 0 e. The molecule has 2 heterocycles. The topological polar surface area (TPSA) is 58.3 Å². The van der Waals surface area contributed by atoms with Crippen molar-refractivity contribution in [3.05, 3.63) is 103 Å². The molecule has 5 rings (SSSR count). The minimum absolute atomic E-state index is 0. The van der Waals surface area contributed by atoms with Crippen LogP contribution in [0.15, 0.2) is 54.6 Å². The van der Waals surface area contributed by atoms with Gasteiger partial charge in [0.05, 0.1) is 0 Å². The summed E-state index contributed by atoms with van der Waals surface area (Å²) in [6, 6.07) is 16.9. The first kappa shape index (κ1) is 38.3. The Hall–Kier alpha value is -2.70. The predicted octanol–water partition coefficient (Wildman–Crippen LogP) is 6.45. The van der Waals surface area contributed by atoms with Crippen molar-refractivity contribution in [2.24, 2.45) is 0 Å². The van der Waals surface area contributed by atoms with Gasteiger partial charge in [0.25, 0.3) is 0 Å². The van der Waals surface area contributed by atoms with Crippen LogP contribution in [0, 0.1) is 37.6 Å². The molecule has 0 fully saturated rings. The molecule has 3 aromatic carbocycles. The van der Waals surface area contributed by atoms with Crippen molar-refractivity contribution in [2.45, 2.75) is 35.9 Å². The summed E-state index contributed by atoms with van der Waals surface area (Å²) < 4.78 is 191. The van der Waals surface area contributed by atoms with Crippen LogP contribution in [-0.4, -0.2) is 24.7 Å². The summed E-state index contributed by atoms with van der Waals surface area (Å²) in [6.45, 7) is 9.00. The van der Waals surface area contributed by atoms with Crippen molar-refractivity contribution in [2.75, 3.05) is 0 Å². The Morgan fingerprint density at radius 2 is 0.860 bits per heavy atom. The first-order valence-corrected chi connectivity index (χ1v) is 12.3. The van der Waals surface area contributed by atoms with Gasteiger partial charge in [-0.05, 0) is 0 Å². The van der Waals surface area contributed by atoms with Crippen LogP contribution in [0.2, 0.25) is 0 Å². The van der Waals surface area contributed by atoms with E-state index in [9.17, 15) is 52.7 Å². The maximum atomic E-state index is 13.9. The molecule has 4 nitrogen and oxygen atoms in total. The molecule has 0 saturated carbocycles. The molecule has 0 saturated heterocycles. The predicted molar refractivity (Wildman–Crippen MR) is 115 cm³/mol. The van der Waals surface area contributed by atoms with Gasteiger partial charge in [-0.2, -0.15) is 0 Å². The maximum absolute atomic E-state index is 13.9. The minimum atomic E-state index is -6.31. The number of hydrogen-bond acceptors (Lipinski definition) is 2. The summed E-state index contributed by atoms with van der Waals surface area (Å²) in [4.78, 5) is 0. The van der Waals surface area contributed by atoms with Crippen LogP contribution < -0.4 is 10.6 Å². The molecule has 236 valence electrons. The summed E-state index contributed by atoms with van der Waals surface area (Å²) in [6.07, 6.45) is -25.2. The Balaban J connectivity index is 0.000000813. The quantitative estimate of drug-likeness (QED) is 0.0897. The van der Waals surface area contributed by atoms with E-state index in [0.29, 0.717) is 24.3 Å². The Kier molecular flexibility index (Phi) is 11.7. The maximum Gasteiger partial charge on any atom is 0 e. The van der Waals surface area contributed by atoms with Crippen LogP contribution in [-0.2, 0) is 46.6 Å². The third-order valence-electron chi connectivity index (χ3n) is 5.86. The van der Waals surface area contributed by atoms with E-state index < -0.39 is 65.4 Å². The zero-order valence-electron chi connectivity index (χ0n) is 20.2. The van der Waals surface area contributed by atoms with Gasteiger partial charge in [0, 0.05) is 17.1 Å². The second kappa shape index (κ2) is 13.1. The number of benzene rings is 2. The van der Waals surface area contributed by atoms with Crippen molar-refractivity contribution >= 4 is 18.3 Å². The fourth-order valence-corrected chi connectivity index (χ4v) is 8.60. The molecule has 0 N–H and O–H groups in total. The van der Waals surface area contributed by atoms with E-state index in [1.165, 1.54) is 0 Å². The molecule has 2 aliphatic rings. The van der Waals surface area contributed by atoms with Gasteiger partial charge in [-0.3, -0.25) is 0 Å². The van der Waals surface area contributed by atoms with E-state index in [0.717, 1.165) is 24.3 Å². The molecule has 0 bridgehead atoms. The molecular weight excluding hydrogens is 679 g/mol. The number of hydrogen-bond donors (Lipinski definition) is 0. The largest absolute Gasteiger partial charge is 0.999 e. The van der Waals surface area contributed by atoms with Crippen LogP contribution >= 0.6 is 7.72 Å². The third kappa shape index (κ3) is 5.90. The standard InChI is InChI=1S/C18H9F12O2P.C5H.2CO.Fe/c19-15(20,21)13(16(22,23)24)9-5-1-3-7-11(9)33(31-13)12-8-4-2-6-10(12)14(32-33,17(25,26)27)18(28,29)30;1-2-4-5-3-1;2*1-2;/h1-8,33H;1H;;;/q;-5;;;. The van der Waals surface area contributed by atoms with Gasteiger partial charge in [0.15, 0.2) is 0 Å². The van der Waals surface area contributed by atoms with E-state index >= 15 is 0 Å². The molecule has 1 spiro atoms. The fourth-order valence-electron chi connectivity index (χ4n) is 4.43. The normalized spacial score (nSPS) is 18.0. The molecule has 43 heavy (non-hydrogen) atoms. The van der Waals surface area contributed by atoms with Crippen LogP contribution in [0.25, 0.3) is 0 Å². The molecule has 18 heteroatoms. The molecular formula is C25H10F12FeO4P-5. The first-order valence-electron chi connectivity index (χ1n) is 10.5. The van der Waals surface area contributed by atoms with Crippen molar-refractivity contribution in [1.82, 2.24) is 0 Å². The Bertz CT molecular complexity index is 1250. The minimum Gasteiger partial charge on any atom is -0.999 e. The Morgan fingerprint density at radius 1 is 0.581 bits per heavy atom. The van der Waals surface area contributed by atoms with Gasteiger partial charge >= 0.3 is 198 Å². The summed E-state index contributed by atoms with van der Waals surface area (Å²) >= 11 is 0. The van der Waals surface area contributed by atoms with Gasteiger partial charge in [0.2, 0.25) is 0 Å². The van der Waals surface area contributed by atoms with E-state index in [2.05, 4.69) is 46.6 Å². The summed E-state index contributed by atoms with van der Waals surface area (Å²) in [7, 11) is -5.90. The SMILES string of the molecule is FC(F)(F)C1(C(F)(F)F)O[PH]2(OC(C(F)(F)F)(C(F)(F)F)c3ccccc32)c2ccccc21.[C-]#[O+].[C-]#[O+].[Fe].[c-]1[c-][c-][cH-][c-]1. The Labute approximate surface area is 245 Å². The molecule has 2 aliphatic heterocycles. The van der Waals surface area contributed by atoms with Gasteiger partial charge in [0.1, 0.15) is 0 Å². The van der Waals surface area contributed by atoms with E-state index in [1.54, 1.807) is 6.07 Å². The summed E-state index contributed by atoms with van der Waals surface area (Å²) in [5, 5.41) is -2.30. The Morgan fingerprint density at radius 3 is 1.09 bits per heavy atom. The van der Waals surface area contributed by atoms with Crippen LogP contribution in [0.5, 0.6) is 0 Å². The van der Waals surface area contributed by atoms with Crippen molar-refractivity contribution in [3.8, 4) is 0 Å². The van der Waals surface area contributed by atoms with Crippen LogP contribution in [0.3, 0.4) is 0 Å². The molecule has 0 atom stereocenters.